The van der Waals surface area contributed by atoms with E-state index >= 15 is 0 Å². The van der Waals surface area contributed by atoms with Crippen LogP contribution in [0.25, 0.3) is 0 Å². The standard InChI is InChI=1S/C8H16N2O3/c1-9(2)7(12)5-6(11)8(13)10(3)4/h5,8,11,13H,1-4H3/b6-5-. The fourth-order valence-electron chi connectivity index (χ4n) is 0.595. The Morgan fingerprint density at radius 3 is 2.08 bits per heavy atom. The summed E-state index contributed by atoms with van der Waals surface area (Å²) in [5, 5.41) is 18.5. The highest BCUT2D eigenvalue weighted by Crippen LogP contribution is 2.00. The van der Waals surface area contributed by atoms with Gasteiger partial charge in [0.1, 0.15) is 5.76 Å². The molecule has 0 aromatic carbocycles. The predicted octanol–water partition coefficient (Wildman–Crippen LogP) is -0.603. The summed E-state index contributed by atoms with van der Waals surface area (Å²) in [6.07, 6.45) is -0.145. The first-order valence-corrected chi connectivity index (χ1v) is 3.82. The largest absolute Gasteiger partial charge is 0.508 e. The van der Waals surface area contributed by atoms with E-state index in [1.165, 1.54) is 9.80 Å². The molecule has 0 aliphatic heterocycles. The van der Waals surface area contributed by atoms with Crippen LogP contribution < -0.4 is 0 Å². The Hall–Kier alpha value is -1.07. The summed E-state index contributed by atoms with van der Waals surface area (Å²) in [4.78, 5) is 13.7. The van der Waals surface area contributed by atoms with Crippen LogP contribution in [0.1, 0.15) is 0 Å². The number of rotatable bonds is 3. The molecule has 0 saturated heterocycles. The van der Waals surface area contributed by atoms with Gasteiger partial charge in [0.2, 0.25) is 5.91 Å². The number of nitrogens with zero attached hydrogens (tertiary/aromatic N) is 2. The van der Waals surface area contributed by atoms with Crippen LogP contribution in [0.3, 0.4) is 0 Å². The molecular formula is C8H16N2O3. The molecule has 1 atom stereocenters. The molecule has 0 aliphatic carbocycles. The second-order valence-corrected chi connectivity index (χ2v) is 3.14. The maximum atomic E-state index is 11.0. The van der Waals surface area contributed by atoms with E-state index in [0.29, 0.717) is 0 Å². The molecule has 1 amide bonds. The summed E-state index contributed by atoms with van der Waals surface area (Å²) < 4.78 is 0. The van der Waals surface area contributed by atoms with Gasteiger partial charge in [-0.1, -0.05) is 0 Å². The Balaban J connectivity index is 4.40. The average molecular weight is 188 g/mol. The maximum absolute atomic E-state index is 11.0. The van der Waals surface area contributed by atoms with E-state index in [2.05, 4.69) is 0 Å². The first kappa shape index (κ1) is 11.9. The summed E-state index contributed by atoms with van der Waals surface area (Å²) in [7, 11) is 6.31. The molecule has 0 rings (SSSR count). The van der Waals surface area contributed by atoms with Crippen LogP contribution in [-0.2, 0) is 4.79 Å². The van der Waals surface area contributed by atoms with E-state index in [9.17, 15) is 15.0 Å². The minimum Gasteiger partial charge on any atom is -0.508 e. The lowest BCUT2D eigenvalue weighted by Gasteiger charge is -2.17. The van der Waals surface area contributed by atoms with E-state index < -0.39 is 6.23 Å². The van der Waals surface area contributed by atoms with Crippen molar-refractivity contribution in [3.05, 3.63) is 11.8 Å². The van der Waals surface area contributed by atoms with Gasteiger partial charge in [-0.2, -0.15) is 0 Å². The fraction of sp³-hybridized carbons (Fsp3) is 0.625. The number of hydrogen-bond donors (Lipinski definition) is 2. The Labute approximate surface area is 77.9 Å². The molecule has 13 heavy (non-hydrogen) atoms. The first-order chi connectivity index (χ1) is 5.86. The van der Waals surface area contributed by atoms with E-state index in [-0.39, 0.29) is 11.7 Å². The molecule has 76 valence electrons. The number of carbonyl (C=O) groups excluding carboxylic acids is 1. The van der Waals surface area contributed by atoms with Crippen LogP contribution in [0.15, 0.2) is 11.8 Å². The highest BCUT2D eigenvalue weighted by molar-refractivity contribution is 5.87. The minimum atomic E-state index is -1.14. The zero-order chi connectivity index (χ0) is 10.6. The fourth-order valence-corrected chi connectivity index (χ4v) is 0.595. The van der Waals surface area contributed by atoms with Gasteiger partial charge < -0.3 is 15.1 Å². The quantitative estimate of drug-likeness (QED) is 0.352. The van der Waals surface area contributed by atoms with Crippen molar-refractivity contribution in [3.63, 3.8) is 0 Å². The van der Waals surface area contributed by atoms with Crippen LogP contribution in [0.2, 0.25) is 0 Å². The van der Waals surface area contributed by atoms with Crippen molar-refractivity contribution in [1.82, 2.24) is 9.80 Å². The molecule has 1 unspecified atom stereocenters. The highest BCUT2D eigenvalue weighted by Gasteiger charge is 2.13. The Morgan fingerprint density at radius 1 is 1.31 bits per heavy atom. The van der Waals surface area contributed by atoms with Gasteiger partial charge in [-0.3, -0.25) is 9.69 Å². The van der Waals surface area contributed by atoms with Crippen molar-refractivity contribution in [2.75, 3.05) is 28.2 Å². The van der Waals surface area contributed by atoms with Crippen molar-refractivity contribution < 1.29 is 15.0 Å². The Bertz CT molecular complexity index is 211. The first-order valence-electron chi connectivity index (χ1n) is 3.82. The topological polar surface area (TPSA) is 64.0 Å². The van der Waals surface area contributed by atoms with Crippen molar-refractivity contribution in [3.8, 4) is 0 Å². The number of likely N-dealkylation sites (N-methyl/N-ethyl adjacent to an activating group) is 2. The van der Waals surface area contributed by atoms with Gasteiger partial charge in [0.05, 0.1) is 0 Å². The average Bonchev–Trinajstić information content (AvgIpc) is 2.02. The molecule has 0 aliphatic rings. The zero-order valence-corrected chi connectivity index (χ0v) is 8.35. The number of amides is 1. The summed E-state index contributed by atoms with van der Waals surface area (Å²) in [5.41, 5.74) is 0. The molecule has 5 heteroatoms. The number of aliphatic hydroxyl groups is 2. The van der Waals surface area contributed by atoms with Gasteiger partial charge in [-0.25, -0.2) is 0 Å². The van der Waals surface area contributed by atoms with E-state index in [1.54, 1.807) is 28.2 Å². The van der Waals surface area contributed by atoms with Gasteiger partial charge in [-0.15, -0.1) is 0 Å². The van der Waals surface area contributed by atoms with Crippen LogP contribution in [0.4, 0.5) is 0 Å². The van der Waals surface area contributed by atoms with Crippen molar-refractivity contribution in [2.45, 2.75) is 6.23 Å². The lowest BCUT2D eigenvalue weighted by atomic mass is 10.3. The lowest BCUT2D eigenvalue weighted by Crippen LogP contribution is -2.30. The van der Waals surface area contributed by atoms with E-state index in [4.69, 9.17) is 0 Å². The zero-order valence-electron chi connectivity index (χ0n) is 8.35. The van der Waals surface area contributed by atoms with Gasteiger partial charge in [0.15, 0.2) is 6.23 Å². The van der Waals surface area contributed by atoms with Crippen LogP contribution in [0, 0.1) is 0 Å². The molecule has 5 nitrogen and oxygen atoms in total. The molecule has 0 radical (unpaired) electrons. The number of carbonyl (C=O) groups is 1. The van der Waals surface area contributed by atoms with E-state index in [1.807, 2.05) is 0 Å². The van der Waals surface area contributed by atoms with Gasteiger partial charge in [-0.05, 0) is 14.1 Å². The van der Waals surface area contributed by atoms with Crippen LogP contribution >= 0.6 is 0 Å². The maximum Gasteiger partial charge on any atom is 0.249 e. The second-order valence-electron chi connectivity index (χ2n) is 3.14. The van der Waals surface area contributed by atoms with Crippen molar-refractivity contribution in [2.24, 2.45) is 0 Å². The molecule has 2 N–H and O–H groups in total. The summed E-state index contributed by atoms with van der Waals surface area (Å²) in [6.45, 7) is 0. The smallest absolute Gasteiger partial charge is 0.249 e. The van der Waals surface area contributed by atoms with Crippen LogP contribution in [0.5, 0.6) is 0 Å². The molecule has 0 bridgehead atoms. The highest BCUT2D eigenvalue weighted by atomic mass is 16.3. The molecule has 0 heterocycles. The Kier molecular flexibility index (Phi) is 4.44. The Morgan fingerprint density at radius 2 is 1.77 bits per heavy atom. The van der Waals surface area contributed by atoms with Gasteiger partial charge in [0.25, 0.3) is 0 Å². The lowest BCUT2D eigenvalue weighted by molar-refractivity contribution is -0.124. The third kappa shape index (κ3) is 3.91. The van der Waals surface area contributed by atoms with Crippen LogP contribution in [-0.4, -0.2) is 60.3 Å². The predicted molar refractivity (Wildman–Crippen MR) is 49.1 cm³/mol. The molecule has 0 spiro atoms. The molecule has 0 aromatic heterocycles. The third-order valence-electron chi connectivity index (χ3n) is 1.47. The minimum absolute atomic E-state index is 0.358. The molecule has 0 aromatic rings. The normalized spacial score (nSPS) is 14.5. The second kappa shape index (κ2) is 4.84. The van der Waals surface area contributed by atoms with Gasteiger partial charge >= 0.3 is 0 Å². The van der Waals surface area contributed by atoms with Crippen molar-refractivity contribution >= 4 is 5.91 Å². The SMILES string of the molecule is CN(C)C(=O)/C=C(\O)C(O)N(C)C. The van der Waals surface area contributed by atoms with E-state index in [0.717, 1.165) is 6.08 Å². The third-order valence-corrected chi connectivity index (χ3v) is 1.47. The summed E-state index contributed by atoms with van der Waals surface area (Å²) in [5.74, 6) is -0.720. The number of aliphatic hydroxyl groups excluding tert-OH is 2. The molecular weight excluding hydrogens is 172 g/mol. The number of hydrogen-bond acceptors (Lipinski definition) is 4. The van der Waals surface area contributed by atoms with Crippen molar-refractivity contribution in [1.29, 1.82) is 0 Å². The summed E-state index contributed by atoms with van der Waals surface area (Å²) >= 11 is 0. The molecule has 0 saturated carbocycles. The summed E-state index contributed by atoms with van der Waals surface area (Å²) in [6, 6.07) is 0. The monoisotopic (exact) mass is 188 g/mol. The molecule has 0 fully saturated rings. The van der Waals surface area contributed by atoms with Gasteiger partial charge in [0, 0.05) is 20.2 Å².